The number of unbranched alkanes of at least 4 members (excludes halogenated alkanes) is 9. The van der Waals surface area contributed by atoms with E-state index in [1.165, 1.54) is 38.5 Å². The number of hydrogen-bond acceptors (Lipinski definition) is 1. The quantitative estimate of drug-likeness (QED) is 0.239. The van der Waals surface area contributed by atoms with Crippen molar-refractivity contribution in [2.24, 2.45) is 0 Å². The van der Waals surface area contributed by atoms with Crippen LogP contribution in [0.5, 0.6) is 0 Å². The standard InChI is InChI=1S/C17H34F2OSi/c1-16(2)15-20-14-12-10-8-6-4-3-5-7-9-11-13-17(18,19)21/h1,3-15H2,2,21H3. The molecule has 0 rings (SSSR count). The van der Waals surface area contributed by atoms with Crippen LogP contribution < -0.4 is 0 Å². The zero-order valence-corrected chi connectivity index (χ0v) is 16.1. The van der Waals surface area contributed by atoms with Gasteiger partial charge in [0, 0.05) is 13.0 Å². The summed E-state index contributed by atoms with van der Waals surface area (Å²) in [7, 11) is 0.00152. The minimum absolute atomic E-state index is 0.00152. The van der Waals surface area contributed by atoms with Gasteiger partial charge in [-0.15, -0.1) is 0 Å². The first-order valence-electron chi connectivity index (χ1n) is 8.52. The Morgan fingerprint density at radius 3 is 1.76 bits per heavy atom. The van der Waals surface area contributed by atoms with Gasteiger partial charge in [0.2, 0.25) is 5.55 Å². The van der Waals surface area contributed by atoms with Crippen molar-refractivity contribution in [3.8, 4) is 0 Å². The summed E-state index contributed by atoms with van der Waals surface area (Å²) in [4.78, 5) is 0. The Balaban J connectivity index is 3.04. The highest BCUT2D eigenvalue weighted by Crippen LogP contribution is 2.18. The van der Waals surface area contributed by atoms with Gasteiger partial charge in [0.25, 0.3) is 0 Å². The molecule has 0 bridgehead atoms. The lowest BCUT2D eigenvalue weighted by molar-refractivity contribution is 0.0819. The third kappa shape index (κ3) is 19.8. The minimum atomic E-state index is -2.34. The number of hydrogen-bond donors (Lipinski definition) is 0. The van der Waals surface area contributed by atoms with Crippen molar-refractivity contribution >= 4 is 10.2 Å². The maximum Gasteiger partial charge on any atom is 0.219 e. The van der Waals surface area contributed by atoms with Gasteiger partial charge in [-0.2, -0.15) is 0 Å². The first-order chi connectivity index (χ1) is 9.92. The summed E-state index contributed by atoms with van der Waals surface area (Å²) in [5, 5.41) is 0. The van der Waals surface area contributed by atoms with E-state index in [1.54, 1.807) is 0 Å². The average Bonchev–Trinajstić information content (AvgIpc) is 2.37. The van der Waals surface area contributed by atoms with Gasteiger partial charge in [0.1, 0.15) is 0 Å². The molecule has 0 aliphatic rings. The Hall–Kier alpha value is -0.223. The second-order valence-electron chi connectivity index (χ2n) is 6.37. The van der Waals surface area contributed by atoms with E-state index in [-0.39, 0.29) is 16.7 Å². The van der Waals surface area contributed by atoms with Crippen molar-refractivity contribution in [2.75, 3.05) is 13.2 Å². The summed E-state index contributed by atoms with van der Waals surface area (Å²) in [6.07, 6.45) is 11.6. The van der Waals surface area contributed by atoms with E-state index in [0.29, 0.717) is 13.0 Å². The molecule has 0 aromatic heterocycles. The molecule has 0 atom stereocenters. The minimum Gasteiger partial charge on any atom is -0.377 e. The number of rotatable bonds is 15. The van der Waals surface area contributed by atoms with Crippen LogP contribution in [-0.2, 0) is 4.74 Å². The molecule has 0 saturated heterocycles. The number of halogens is 2. The summed E-state index contributed by atoms with van der Waals surface area (Å²) < 4.78 is 30.7. The van der Waals surface area contributed by atoms with Crippen molar-refractivity contribution in [1.82, 2.24) is 0 Å². The first-order valence-corrected chi connectivity index (χ1v) is 9.52. The molecule has 0 radical (unpaired) electrons. The van der Waals surface area contributed by atoms with E-state index in [1.807, 2.05) is 6.92 Å². The second kappa shape index (κ2) is 13.4. The lowest BCUT2D eigenvalue weighted by atomic mass is 10.1. The third-order valence-electron chi connectivity index (χ3n) is 3.50. The largest absolute Gasteiger partial charge is 0.377 e. The van der Waals surface area contributed by atoms with Crippen LogP contribution in [0.1, 0.15) is 77.6 Å². The predicted molar refractivity (Wildman–Crippen MR) is 91.3 cm³/mol. The monoisotopic (exact) mass is 320 g/mol. The van der Waals surface area contributed by atoms with Crippen LogP contribution in [0, 0.1) is 0 Å². The molecule has 126 valence electrons. The van der Waals surface area contributed by atoms with Gasteiger partial charge >= 0.3 is 0 Å². The van der Waals surface area contributed by atoms with Crippen molar-refractivity contribution in [3.63, 3.8) is 0 Å². The Morgan fingerprint density at radius 1 is 0.905 bits per heavy atom. The molecule has 0 aliphatic heterocycles. The fourth-order valence-corrected chi connectivity index (χ4v) is 2.65. The highest BCUT2D eigenvalue weighted by molar-refractivity contribution is 6.13. The Labute approximate surface area is 133 Å². The van der Waals surface area contributed by atoms with E-state index >= 15 is 0 Å². The van der Waals surface area contributed by atoms with E-state index in [2.05, 4.69) is 6.58 Å². The fraction of sp³-hybridized carbons (Fsp3) is 0.882. The molecule has 0 aliphatic carbocycles. The zero-order chi connectivity index (χ0) is 16.0. The normalized spacial score (nSPS) is 12.0. The molecule has 0 unspecified atom stereocenters. The number of ether oxygens (including phenoxy) is 1. The predicted octanol–water partition coefficient (Wildman–Crippen LogP) is 4.83. The Morgan fingerprint density at radius 2 is 1.33 bits per heavy atom. The van der Waals surface area contributed by atoms with E-state index < -0.39 is 5.55 Å². The van der Waals surface area contributed by atoms with E-state index in [0.717, 1.165) is 31.4 Å². The average molecular weight is 321 g/mol. The molecule has 0 spiro atoms. The molecule has 0 N–H and O–H groups in total. The van der Waals surface area contributed by atoms with Gasteiger partial charge in [-0.25, -0.2) is 8.78 Å². The maximum absolute atomic E-state index is 12.6. The van der Waals surface area contributed by atoms with Crippen LogP contribution in [0.15, 0.2) is 12.2 Å². The third-order valence-corrected chi connectivity index (χ3v) is 4.00. The SMILES string of the molecule is C=C(C)COCCCCCCCCCCCCC(F)(F)[SiH3]. The number of alkyl halides is 2. The maximum atomic E-state index is 12.6. The van der Waals surface area contributed by atoms with Crippen LogP contribution in [0.25, 0.3) is 0 Å². The van der Waals surface area contributed by atoms with Gasteiger partial charge < -0.3 is 4.74 Å². The highest BCUT2D eigenvalue weighted by Gasteiger charge is 2.18. The molecule has 0 aromatic carbocycles. The Bertz CT molecular complexity index is 252. The van der Waals surface area contributed by atoms with Gasteiger partial charge in [0.05, 0.1) is 16.8 Å². The van der Waals surface area contributed by atoms with Crippen LogP contribution in [0.3, 0.4) is 0 Å². The topological polar surface area (TPSA) is 9.23 Å². The highest BCUT2D eigenvalue weighted by atomic mass is 28.1. The molecular weight excluding hydrogens is 286 g/mol. The molecule has 0 saturated carbocycles. The van der Waals surface area contributed by atoms with E-state index in [4.69, 9.17) is 4.74 Å². The smallest absolute Gasteiger partial charge is 0.219 e. The van der Waals surface area contributed by atoms with Gasteiger partial charge in [-0.05, 0) is 19.8 Å². The van der Waals surface area contributed by atoms with Gasteiger partial charge in [-0.1, -0.05) is 63.5 Å². The lowest BCUT2D eigenvalue weighted by Gasteiger charge is -2.09. The zero-order valence-electron chi connectivity index (χ0n) is 14.1. The van der Waals surface area contributed by atoms with Crippen molar-refractivity contribution in [2.45, 2.75) is 83.1 Å². The van der Waals surface area contributed by atoms with Gasteiger partial charge in [0.15, 0.2) is 0 Å². The van der Waals surface area contributed by atoms with Crippen LogP contribution in [0.2, 0.25) is 0 Å². The lowest BCUT2D eigenvalue weighted by Crippen LogP contribution is -2.14. The first kappa shape index (κ1) is 20.8. The molecule has 1 nitrogen and oxygen atoms in total. The second-order valence-corrected chi connectivity index (χ2v) is 7.83. The van der Waals surface area contributed by atoms with Crippen molar-refractivity contribution in [1.29, 1.82) is 0 Å². The van der Waals surface area contributed by atoms with Crippen LogP contribution in [0.4, 0.5) is 8.78 Å². The summed E-state index contributed by atoms with van der Waals surface area (Å²) in [6, 6.07) is 0. The van der Waals surface area contributed by atoms with E-state index in [9.17, 15) is 8.78 Å². The van der Waals surface area contributed by atoms with Crippen molar-refractivity contribution in [3.05, 3.63) is 12.2 Å². The molecule has 0 heterocycles. The van der Waals surface area contributed by atoms with Crippen LogP contribution >= 0.6 is 0 Å². The van der Waals surface area contributed by atoms with Gasteiger partial charge in [-0.3, -0.25) is 0 Å². The van der Waals surface area contributed by atoms with Crippen molar-refractivity contribution < 1.29 is 13.5 Å². The summed E-state index contributed by atoms with van der Waals surface area (Å²) in [6.45, 7) is 7.31. The Kier molecular flexibility index (Phi) is 13.3. The fourth-order valence-electron chi connectivity index (χ4n) is 2.30. The molecule has 0 amide bonds. The summed E-state index contributed by atoms with van der Waals surface area (Å²) >= 11 is 0. The summed E-state index contributed by atoms with van der Waals surface area (Å²) in [5.74, 6) is 0. The molecule has 21 heavy (non-hydrogen) atoms. The molecule has 0 fully saturated rings. The van der Waals surface area contributed by atoms with Crippen LogP contribution in [-0.4, -0.2) is 29.0 Å². The molecule has 0 aromatic rings. The summed E-state index contributed by atoms with van der Waals surface area (Å²) in [5.41, 5.74) is -1.26. The molecular formula is C17H34F2OSi. The molecule has 4 heteroatoms.